The Bertz CT molecular complexity index is 544. The molecule has 19 heavy (non-hydrogen) atoms. The summed E-state index contributed by atoms with van der Waals surface area (Å²) in [6, 6.07) is 5.29. The molecule has 0 saturated heterocycles. The molecule has 0 radical (unpaired) electrons. The smallest absolute Gasteiger partial charge is 0.198 e. The molecule has 0 unspecified atom stereocenters. The van der Waals surface area contributed by atoms with Gasteiger partial charge in [0.25, 0.3) is 0 Å². The summed E-state index contributed by atoms with van der Waals surface area (Å²) in [6.07, 6.45) is 1.81. The highest BCUT2D eigenvalue weighted by atomic mass is 16.5. The molecule has 1 aromatic carbocycles. The van der Waals surface area contributed by atoms with Crippen LogP contribution in [0, 0.1) is 0 Å². The Morgan fingerprint density at radius 3 is 2.58 bits per heavy atom. The number of Topliss-reactive ketones (excluding diaryl/α,β-unsaturated/α-hetero) is 1. The number of benzene rings is 1. The van der Waals surface area contributed by atoms with Gasteiger partial charge >= 0.3 is 0 Å². The molecule has 102 valence electrons. The summed E-state index contributed by atoms with van der Waals surface area (Å²) in [4.78, 5) is 14.5. The van der Waals surface area contributed by atoms with Gasteiger partial charge in [0, 0.05) is 20.3 Å². The number of carbonyl (C=O) groups is 1. The molecule has 0 aliphatic carbocycles. The second kappa shape index (κ2) is 4.61. The Kier molecular flexibility index (Phi) is 3.27. The van der Waals surface area contributed by atoms with Gasteiger partial charge in [-0.05, 0) is 32.0 Å². The predicted molar refractivity (Wildman–Crippen MR) is 73.8 cm³/mol. The zero-order chi connectivity index (χ0) is 14.2. The maximum Gasteiger partial charge on any atom is 0.198 e. The van der Waals surface area contributed by atoms with Crippen molar-refractivity contribution in [2.45, 2.75) is 19.4 Å². The highest BCUT2D eigenvalue weighted by molar-refractivity contribution is 6.12. The summed E-state index contributed by atoms with van der Waals surface area (Å²) in [5.41, 5.74) is 0.549. The average Bonchev–Trinajstić information content (AvgIpc) is 2.33. The Hall–Kier alpha value is -1.97. The van der Waals surface area contributed by atoms with Gasteiger partial charge in [-0.3, -0.25) is 4.79 Å². The Labute approximate surface area is 113 Å². The first kappa shape index (κ1) is 13.5. The van der Waals surface area contributed by atoms with Crippen molar-refractivity contribution in [3.05, 3.63) is 35.5 Å². The van der Waals surface area contributed by atoms with Crippen molar-refractivity contribution in [3.8, 4) is 11.5 Å². The van der Waals surface area contributed by atoms with Crippen molar-refractivity contribution in [3.63, 3.8) is 0 Å². The quantitative estimate of drug-likeness (QED) is 0.767. The molecule has 0 spiro atoms. The largest absolute Gasteiger partial charge is 0.497 e. The van der Waals surface area contributed by atoms with Crippen LogP contribution < -0.4 is 9.47 Å². The maximum absolute atomic E-state index is 12.6. The first-order valence-electron chi connectivity index (χ1n) is 6.15. The zero-order valence-corrected chi connectivity index (χ0v) is 12.0. The van der Waals surface area contributed by atoms with Crippen LogP contribution in [0.25, 0.3) is 0 Å². The van der Waals surface area contributed by atoms with E-state index in [0.29, 0.717) is 22.6 Å². The van der Waals surface area contributed by atoms with E-state index in [1.165, 1.54) is 0 Å². The Morgan fingerprint density at radius 1 is 1.32 bits per heavy atom. The van der Waals surface area contributed by atoms with E-state index in [1.54, 1.807) is 25.3 Å². The van der Waals surface area contributed by atoms with Crippen molar-refractivity contribution in [2.24, 2.45) is 0 Å². The minimum atomic E-state index is -0.636. The molecular weight excluding hydrogens is 242 g/mol. The molecule has 0 fully saturated rings. The SMILES string of the molecule is COc1ccc2c(c1)C(=O)/C(=C/N(C)C)C(C)(C)O2. The van der Waals surface area contributed by atoms with Crippen molar-refractivity contribution in [1.29, 1.82) is 0 Å². The number of methoxy groups -OCH3 is 1. The van der Waals surface area contributed by atoms with E-state index in [9.17, 15) is 4.79 Å². The summed E-state index contributed by atoms with van der Waals surface area (Å²) in [6.45, 7) is 3.79. The minimum Gasteiger partial charge on any atom is -0.497 e. The minimum absolute atomic E-state index is 0.0150. The second-order valence-corrected chi connectivity index (χ2v) is 5.31. The van der Waals surface area contributed by atoms with Gasteiger partial charge in [0.1, 0.15) is 17.1 Å². The fourth-order valence-corrected chi connectivity index (χ4v) is 2.12. The molecule has 0 atom stereocenters. The summed E-state index contributed by atoms with van der Waals surface area (Å²) in [5.74, 6) is 1.24. The number of ketones is 1. The van der Waals surface area contributed by atoms with Crippen LogP contribution in [-0.4, -0.2) is 37.5 Å². The maximum atomic E-state index is 12.6. The van der Waals surface area contributed by atoms with E-state index >= 15 is 0 Å². The summed E-state index contributed by atoms with van der Waals surface area (Å²) in [5, 5.41) is 0. The van der Waals surface area contributed by atoms with Gasteiger partial charge in [-0.2, -0.15) is 0 Å². The first-order chi connectivity index (χ1) is 8.85. The van der Waals surface area contributed by atoms with Gasteiger partial charge in [-0.15, -0.1) is 0 Å². The highest BCUT2D eigenvalue weighted by Gasteiger charge is 2.38. The standard InChI is InChI=1S/C15H19NO3/c1-15(2)12(9-16(3)4)14(17)11-8-10(18-5)6-7-13(11)19-15/h6-9H,1-5H3/b12-9-. The molecule has 4 heteroatoms. The molecule has 4 nitrogen and oxygen atoms in total. The molecule has 1 aliphatic heterocycles. The molecule has 0 N–H and O–H groups in total. The van der Waals surface area contributed by atoms with Crippen molar-refractivity contribution >= 4 is 5.78 Å². The fraction of sp³-hybridized carbons (Fsp3) is 0.400. The van der Waals surface area contributed by atoms with Crippen molar-refractivity contribution < 1.29 is 14.3 Å². The number of fused-ring (bicyclic) bond motifs is 1. The van der Waals surface area contributed by atoms with Crippen molar-refractivity contribution in [1.82, 2.24) is 4.90 Å². The van der Waals surface area contributed by atoms with E-state index in [-0.39, 0.29) is 5.78 Å². The second-order valence-electron chi connectivity index (χ2n) is 5.31. The van der Waals surface area contributed by atoms with Crippen LogP contribution in [0.5, 0.6) is 11.5 Å². The Morgan fingerprint density at radius 2 is 2.00 bits per heavy atom. The lowest BCUT2D eigenvalue weighted by Crippen LogP contribution is -2.39. The van der Waals surface area contributed by atoms with Gasteiger partial charge in [0.05, 0.1) is 18.2 Å². The van der Waals surface area contributed by atoms with E-state index in [2.05, 4.69) is 0 Å². The topological polar surface area (TPSA) is 38.8 Å². The number of ether oxygens (including phenoxy) is 2. The lowest BCUT2D eigenvalue weighted by Gasteiger charge is -2.34. The van der Waals surface area contributed by atoms with Crippen molar-refractivity contribution in [2.75, 3.05) is 21.2 Å². The monoisotopic (exact) mass is 261 g/mol. The summed E-state index contributed by atoms with van der Waals surface area (Å²) < 4.78 is 11.1. The molecule has 1 aromatic rings. The zero-order valence-electron chi connectivity index (χ0n) is 12.0. The number of hydrogen-bond acceptors (Lipinski definition) is 4. The lowest BCUT2D eigenvalue weighted by molar-refractivity contribution is 0.0848. The molecular formula is C15H19NO3. The van der Waals surface area contributed by atoms with Gasteiger partial charge in [0.2, 0.25) is 0 Å². The highest BCUT2D eigenvalue weighted by Crippen LogP contribution is 2.38. The first-order valence-corrected chi connectivity index (χ1v) is 6.15. The van der Waals surface area contributed by atoms with E-state index in [1.807, 2.05) is 39.0 Å². The Balaban J connectivity index is 2.55. The average molecular weight is 261 g/mol. The molecule has 2 rings (SSSR count). The molecule has 1 heterocycles. The van der Waals surface area contributed by atoms with Crippen LogP contribution in [-0.2, 0) is 0 Å². The molecule has 0 amide bonds. The molecule has 0 bridgehead atoms. The van der Waals surface area contributed by atoms with Crippen LogP contribution in [0.4, 0.5) is 0 Å². The normalized spacial score (nSPS) is 18.8. The van der Waals surface area contributed by atoms with Crippen LogP contribution in [0.1, 0.15) is 24.2 Å². The van der Waals surface area contributed by atoms with E-state index in [0.717, 1.165) is 0 Å². The van der Waals surface area contributed by atoms with Gasteiger partial charge < -0.3 is 14.4 Å². The third kappa shape index (κ3) is 2.43. The fourth-order valence-electron chi connectivity index (χ4n) is 2.12. The third-order valence-electron chi connectivity index (χ3n) is 3.08. The lowest BCUT2D eigenvalue weighted by atomic mass is 9.87. The number of nitrogens with zero attached hydrogens (tertiary/aromatic N) is 1. The predicted octanol–water partition coefficient (Wildman–Crippen LogP) is 2.49. The van der Waals surface area contributed by atoms with E-state index < -0.39 is 5.60 Å². The molecule has 0 aromatic heterocycles. The van der Waals surface area contributed by atoms with Gasteiger partial charge in [-0.25, -0.2) is 0 Å². The number of rotatable bonds is 2. The van der Waals surface area contributed by atoms with Crippen LogP contribution in [0.3, 0.4) is 0 Å². The summed E-state index contributed by atoms with van der Waals surface area (Å²) >= 11 is 0. The van der Waals surface area contributed by atoms with Gasteiger partial charge in [0.15, 0.2) is 5.78 Å². The van der Waals surface area contributed by atoms with Crippen LogP contribution in [0.15, 0.2) is 30.0 Å². The molecule has 1 aliphatic rings. The van der Waals surface area contributed by atoms with Crippen LogP contribution >= 0.6 is 0 Å². The van der Waals surface area contributed by atoms with Crippen LogP contribution in [0.2, 0.25) is 0 Å². The van der Waals surface area contributed by atoms with E-state index in [4.69, 9.17) is 9.47 Å². The van der Waals surface area contributed by atoms with Gasteiger partial charge in [-0.1, -0.05) is 0 Å². The third-order valence-corrected chi connectivity index (χ3v) is 3.08. The number of carbonyl (C=O) groups excluding carboxylic acids is 1. The molecule has 0 saturated carbocycles. The number of hydrogen-bond donors (Lipinski definition) is 0. The summed E-state index contributed by atoms with van der Waals surface area (Å²) in [7, 11) is 5.35.